The van der Waals surface area contributed by atoms with Crippen molar-refractivity contribution in [2.75, 3.05) is 6.61 Å². The summed E-state index contributed by atoms with van der Waals surface area (Å²) in [4.78, 5) is 24.0. The molecule has 1 saturated heterocycles. The Morgan fingerprint density at radius 3 is 2.92 bits per heavy atom. The van der Waals surface area contributed by atoms with Gasteiger partial charge in [0.05, 0.1) is 0 Å². The highest BCUT2D eigenvalue weighted by Gasteiger charge is 2.41. The van der Waals surface area contributed by atoms with Gasteiger partial charge in [0.2, 0.25) is 0 Å². The first-order valence-electron chi connectivity index (χ1n) is 8.32. The zero-order valence-corrected chi connectivity index (χ0v) is 14.1. The lowest BCUT2D eigenvalue weighted by atomic mass is 9.82. The molecule has 1 amide bonds. The van der Waals surface area contributed by atoms with Crippen molar-refractivity contribution in [3.8, 4) is 0 Å². The first-order chi connectivity index (χ1) is 11.6. The average Bonchev–Trinajstić information content (AvgIpc) is 3.02. The predicted octanol–water partition coefficient (Wildman–Crippen LogP) is 1.53. The maximum absolute atomic E-state index is 12.2. The second kappa shape index (κ2) is 7.96. The summed E-state index contributed by atoms with van der Waals surface area (Å²) in [6.07, 6.45) is 4.39. The number of benzene rings is 1. The van der Waals surface area contributed by atoms with E-state index in [1.807, 2.05) is 12.1 Å². The lowest BCUT2D eigenvalue weighted by Crippen LogP contribution is -2.41. The standard InChI is InChI=1S/C17H22ClN3O3/c18-12-5-3-4-11(8-12)9-19-15(22)10-24-17(23)16-13-6-1-2-7-14(13)20-21-16/h3-5,8,13-14,16,20-21H,1-2,6-7,9-10H2,(H,19,22). The summed E-state index contributed by atoms with van der Waals surface area (Å²) in [5.74, 6) is -0.440. The summed E-state index contributed by atoms with van der Waals surface area (Å²) in [7, 11) is 0. The molecule has 1 aromatic rings. The third kappa shape index (κ3) is 4.26. The SMILES string of the molecule is O=C(COC(=O)C1NNC2CCCCC21)NCc1cccc(Cl)c1. The van der Waals surface area contributed by atoms with Crippen molar-refractivity contribution in [3.05, 3.63) is 34.9 Å². The fraction of sp³-hybridized carbons (Fsp3) is 0.529. The van der Waals surface area contributed by atoms with Gasteiger partial charge in [-0.05, 0) is 30.5 Å². The van der Waals surface area contributed by atoms with E-state index >= 15 is 0 Å². The predicted molar refractivity (Wildman–Crippen MR) is 90.1 cm³/mol. The number of hydrazine groups is 1. The summed E-state index contributed by atoms with van der Waals surface area (Å²) < 4.78 is 5.17. The van der Waals surface area contributed by atoms with Crippen molar-refractivity contribution in [3.63, 3.8) is 0 Å². The van der Waals surface area contributed by atoms with Crippen molar-refractivity contribution in [1.29, 1.82) is 0 Å². The van der Waals surface area contributed by atoms with Gasteiger partial charge < -0.3 is 10.1 Å². The zero-order chi connectivity index (χ0) is 16.9. The number of hydrogen-bond donors (Lipinski definition) is 3. The van der Waals surface area contributed by atoms with Crippen molar-refractivity contribution in [1.82, 2.24) is 16.2 Å². The van der Waals surface area contributed by atoms with Gasteiger partial charge in [0.15, 0.2) is 6.61 Å². The Hall–Kier alpha value is -1.63. The molecule has 0 radical (unpaired) electrons. The average molecular weight is 352 g/mol. The number of hydrogen-bond acceptors (Lipinski definition) is 5. The molecule has 3 unspecified atom stereocenters. The number of esters is 1. The van der Waals surface area contributed by atoms with Gasteiger partial charge in [0, 0.05) is 23.5 Å². The Morgan fingerprint density at radius 1 is 1.25 bits per heavy atom. The molecule has 2 aliphatic rings. The van der Waals surface area contributed by atoms with Crippen LogP contribution in [0.2, 0.25) is 5.02 Å². The number of ether oxygens (including phenoxy) is 1. The molecular formula is C17H22ClN3O3. The van der Waals surface area contributed by atoms with Crippen LogP contribution in [0.3, 0.4) is 0 Å². The lowest BCUT2D eigenvalue weighted by molar-refractivity contribution is -0.151. The largest absolute Gasteiger partial charge is 0.454 e. The van der Waals surface area contributed by atoms with Gasteiger partial charge in [-0.15, -0.1) is 0 Å². The Morgan fingerprint density at radius 2 is 2.08 bits per heavy atom. The minimum absolute atomic E-state index is 0.251. The molecule has 7 heteroatoms. The van der Waals surface area contributed by atoms with E-state index in [4.69, 9.17) is 16.3 Å². The van der Waals surface area contributed by atoms with Crippen LogP contribution in [0.25, 0.3) is 0 Å². The minimum Gasteiger partial charge on any atom is -0.454 e. The highest BCUT2D eigenvalue weighted by atomic mass is 35.5. The van der Waals surface area contributed by atoms with Gasteiger partial charge in [0.1, 0.15) is 6.04 Å². The van der Waals surface area contributed by atoms with Gasteiger partial charge in [-0.25, -0.2) is 5.43 Å². The van der Waals surface area contributed by atoms with Gasteiger partial charge in [-0.1, -0.05) is 36.6 Å². The number of rotatable bonds is 5. The molecular weight excluding hydrogens is 330 g/mol. The highest BCUT2D eigenvalue weighted by molar-refractivity contribution is 6.30. The molecule has 0 bridgehead atoms. The van der Waals surface area contributed by atoms with Crippen molar-refractivity contribution in [2.24, 2.45) is 5.92 Å². The van der Waals surface area contributed by atoms with Crippen LogP contribution in [0.5, 0.6) is 0 Å². The van der Waals surface area contributed by atoms with Crippen LogP contribution in [0.15, 0.2) is 24.3 Å². The topological polar surface area (TPSA) is 79.5 Å². The fourth-order valence-corrected chi connectivity index (χ4v) is 3.61. The molecule has 1 aliphatic heterocycles. The van der Waals surface area contributed by atoms with Crippen LogP contribution in [0.1, 0.15) is 31.2 Å². The first kappa shape index (κ1) is 17.2. The van der Waals surface area contributed by atoms with Crippen LogP contribution < -0.4 is 16.2 Å². The molecule has 24 heavy (non-hydrogen) atoms. The van der Waals surface area contributed by atoms with Crippen LogP contribution in [-0.2, 0) is 20.9 Å². The minimum atomic E-state index is -0.366. The molecule has 6 nitrogen and oxygen atoms in total. The van der Waals surface area contributed by atoms with Crippen molar-refractivity contribution in [2.45, 2.75) is 44.3 Å². The van der Waals surface area contributed by atoms with E-state index in [-0.39, 0.29) is 30.4 Å². The molecule has 3 rings (SSSR count). The smallest absolute Gasteiger partial charge is 0.325 e. The lowest BCUT2D eigenvalue weighted by Gasteiger charge is -2.26. The van der Waals surface area contributed by atoms with E-state index in [1.165, 1.54) is 6.42 Å². The Bertz CT molecular complexity index is 610. The number of carbonyl (C=O) groups is 2. The maximum Gasteiger partial charge on any atom is 0.325 e. The van der Waals surface area contributed by atoms with Crippen LogP contribution >= 0.6 is 11.6 Å². The third-order valence-corrected chi connectivity index (χ3v) is 4.89. The van der Waals surface area contributed by atoms with E-state index in [0.717, 1.165) is 24.8 Å². The van der Waals surface area contributed by atoms with E-state index in [2.05, 4.69) is 16.2 Å². The summed E-state index contributed by atoms with van der Waals surface area (Å²) in [6, 6.07) is 7.21. The number of halogens is 1. The number of fused-ring (bicyclic) bond motifs is 1. The molecule has 3 atom stereocenters. The number of nitrogens with one attached hydrogen (secondary N) is 3. The molecule has 1 aromatic carbocycles. The number of carbonyl (C=O) groups excluding carboxylic acids is 2. The van der Waals surface area contributed by atoms with Gasteiger partial charge >= 0.3 is 5.97 Å². The number of amides is 1. The molecule has 0 aromatic heterocycles. The van der Waals surface area contributed by atoms with Gasteiger partial charge in [-0.3, -0.25) is 15.0 Å². The normalized spacial score (nSPS) is 25.8. The van der Waals surface area contributed by atoms with Crippen molar-refractivity contribution < 1.29 is 14.3 Å². The molecule has 1 heterocycles. The molecule has 130 valence electrons. The summed E-state index contributed by atoms with van der Waals surface area (Å²) >= 11 is 5.90. The molecule has 3 N–H and O–H groups in total. The van der Waals surface area contributed by atoms with Gasteiger partial charge in [-0.2, -0.15) is 0 Å². The Kier molecular flexibility index (Phi) is 5.71. The monoisotopic (exact) mass is 351 g/mol. The second-order valence-corrected chi connectivity index (χ2v) is 6.77. The van der Waals surface area contributed by atoms with Crippen LogP contribution in [-0.4, -0.2) is 30.6 Å². The van der Waals surface area contributed by atoms with Gasteiger partial charge in [0.25, 0.3) is 5.91 Å². The molecule has 1 saturated carbocycles. The summed E-state index contributed by atoms with van der Waals surface area (Å²) in [6.45, 7) is 0.0832. The van der Waals surface area contributed by atoms with E-state index in [0.29, 0.717) is 17.6 Å². The molecule has 1 aliphatic carbocycles. The quantitative estimate of drug-likeness (QED) is 0.701. The fourth-order valence-electron chi connectivity index (χ4n) is 3.40. The van der Waals surface area contributed by atoms with E-state index in [9.17, 15) is 9.59 Å². The maximum atomic E-state index is 12.2. The second-order valence-electron chi connectivity index (χ2n) is 6.34. The van der Waals surface area contributed by atoms with E-state index in [1.54, 1.807) is 12.1 Å². The summed E-state index contributed by atoms with van der Waals surface area (Å²) in [5.41, 5.74) is 7.08. The summed E-state index contributed by atoms with van der Waals surface area (Å²) in [5, 5.41) is 3.34. The Labute approximate surface area is 146 Å². The first-order valence-corrected chi connectivity index (χ1v) is 8.70. The van der Waals surface area contributed by atoms with Crippen LogP contribution in [0.4, 0.5) is 0 Å². The highest BCUT2D eigenvalue weighted by Crippen LogP contribution is 2.30. The zero-order valence-electron chi connectivity index (χ0n) is 13.4. The molecule has 2 fully saturated rings. The Balaban J connectivity index is 1.42. The van der Waals surface area contributed by atoms with E-state index < -0.39 is 0 Å². The van der Waals surface area contributed by atoms with Crippen molar-refractivity contribution >= 4 is 23.5 Å². The third-order valence-electron chi connectivity index (χ3n) is 4.65. The van der Waals surface area contributed by atoms with Crippen LogP contribution in [0, 0.1) is 5.92 Å². The molecule has 0 spiro atoms.